The molecule has 1 atom stereocenters. The molecule has 3 rings (SSSR count). The summed E-state index contributed by atoms with van der Waals surface area (Å²) in [4.78, 5) is 26.8. The third-order valence-corrected chi connectivity index (χ3v) is 7.16. The van der Waals surface area contributed by atoms with E-state index >= 15 is 0 Å². The fourth-order valence-corrected chi connectivity index (χ4v) is 5.04. The van der Waals surface area contributed by atoms with Crippen LogP contribution in [0.2, 0.25) is 0 Å². The summed E-state index contributed by atoms with van der Waals surface area (Å²) < 4.78 is 33.1. The molecule has 178 valence electrons. The van der Waals surface area contributed by atoms with Crippen molar-refractivity contribution < 1.29 is 22.7 Å². The number of ether oxygens (including phenoxy) is 1. The molecule has 3 aromatic rings. The molecule has 0 saturated heterocycles. The van der Waals surface area contributed by atoms with E-state index < -0.39 is 22.1 Å². The molecule has 3 aromatic carbocycles. The number of esters is 1. The first-order valence-corrected chi connectivity index (χ1v) is 12.4. The Kier molecular flexibility index (Phi) is 8.07. The normalized spacial score (nSPS) is 12.0. The monoisotopic (exact) mass is 480 g/mol. The highest BCUT2D eigenvalue weighted by molar-refractivity contribution is 7.92. The Hall–Kier alpha value is -3.65. The van der Waals surface area contributed by atoms with E-state index in [2.05, 4.69) is 0 Å². The predicted octanol–water partition coefficient (Wildman–Crippen LogP) is 4.11. The van der Waals surface area contributed by atoms with E-state index in [4.69, 9.17) is 4.74 Å². The van der Waals surface area contributed by atoms with Gasteiger partial charge in [0, 0.05) is 20.1 Å². The molecular formula is C26H28N2O5S. The van der Waals surface area contributed by atoms with Gasteiger partial charge in [-0.2, -0.15) is 0 Å². The molecule has 0 N–H and O–H groups in total. The Labute approximate surface area is 200 Å². The average molecular weight is 481 g/mol. The minimum Gasteiger partial charge on any atom is -0.449 e. The van der Waals surface area contributed by atoms with Gasteiger partial charge in [0.15, 0.2) is 6.10 Å². The highest BCUT2D eigenvalue weighted by atomic mass is 32.2. The molecule has 7 nitrogen and oxygen atoms in total. The highest BCUT2D eigenvalue weighted by Gasteiger charge is 2.26. The van der Waals surface area contributed by atoms with E-state index in [1.165, 1.54) is 40.4 Å². The molecular weight excluding hydrogens is 452 g/mol. The molecule has 0 aromatic heterocycles. The predicted molar refractivity (Wildman–Crippen MR) is 131 cm³/mol. The average Bonchev–Trinajstić information content (AvgIpc) is 2.85. The van der Waals surface area contributed by atoms with E-state index in [0.29, 0.717) is 12.2 Å². The molecule has 0 heterocycles. The molecule has 8 heteroatoms. The first kappa shape index (κ1) is 25.0. The number of anilines is 1. The van der Waals surface area contributed by atoms with Gasteiger partial charge in [-0.1, -0.05) is 54.6 Å². The molecule has 0 aliphatic heterocycles. The standard InChI is InChI=1S/C26H28N2O5S/c1-4-28(23-15-9-6-10-16-23)34(31,32)24-17-11-14-22(18-24)26(30)33-20(2)25(29)27(3)19-21-12-7-5-8-13-21/h5-18,20H,4,19H2,1-3H3. The van der Waals surface area contributed by atoms with E-state index in [0.717, 1.165) is 5.56 Å². The van der Waals surface area contributed by atoms with Crippen molar-refractivity contribution in [2.45, 2.75) is 31.4 Å². The number of benzene rings is 3. The van der Waals surface area contributed by atoms with Gasteiger partial charge in [0.2, 0.25) is 0 Å². The van der Waals surface area contributed by atoms with Crippen molar-refractivity contribution in [3.05, 3.63) is 96.1 Å². The largest absolute Gasteiger partial charge is 0.449 e. The summed E-state index contributed by atoms with van der Waals surface area (Å²) in [7, 11) is -2.27. The minimum atomic E-state index is -3.90. The Bertz CT molecular complexity index is 1230. The second kappa shape index (κ2) is 11.0. The van der Waals surface area contributed by atoms with Crippen LogP contribution in [-0.4, -0.2) is 44.9 Å². The van der Waals surface area contributed by atoms with Gasteiger partial charge in [-0.05, 0) is 49.7 Å². The van der Waals surface area contributed by atoms with Crippen LogP contribution in [0.1, 0.15) is 29.8 Å². The van der Waals surface area contributed by atoms with Crippen LogP contribution < -0.4 is 4.31 Å². The number of likely N-dealkylation sites (N-methyl/N-ethyl adjacent to an activating group) is 1. The van der Waals surface area contributed by atoms with Crippen LogP contribution in [0, 0.1) is 0 Å². The first-order valence-electron chi connectivity index (χ1n) is 10.9. The van der Waals surface area contributed by atoms with Crippen molar-refractivity contribution in [3.8, 4) is 0 Å². The van der Waals surface area contributed by atoms with Crippen LogP contribution in [0.3, 0.4) is 0 Å². The molecule has 0 aliphatic rings. The molecule has 0 radical (unpaired) electrons. The van der Waals surface area contributed by atoms with E-state index in [-0.39, 0.29) is 22.9 Å². The molecule has 0 spiro atoms. The van der Waals surface area contributed by atoms with Crippen molar-refractivity contribution in [1.29, 1.82) is 0 Å². The number of hydrogen-bond acceptors (Lipinski definition) is 5. The Balaban J connectivity index is 1.73. The van der Waals surface area contributed by atoms with E-state index in [9.17, 15) is 18.0 Å². The fourth-order valence-electron chi connectivity index (χ4n) is 3.52. The maximum absolute atomic E-state index is 13.2. The second-order valence-corrected chi connectivity index (χ2v) is 9.62. The zero-order chi connectivity index (χ0) is 24.7. The Morgan fingerprint density at radius 2 is 1.53 bits per heavy atom. The number of rotatable bonds is 9. The van der Waals surface area contributed by atoms with E-state index in [1.54, 1.807) is 44.3 Å². The van der Waals surface area contributed by atoms with Gasteiger partial charge in [0.05, 0.1) is 16.1 Å². The number of amides is 1. The van der Waals surface area contributed by atoms with Crippen LogP contribution >= 0.6 is 0 Å². The zero-order valence-electron chi connectivity index (χ0n) is 19.4. The Morgan fingerprint density at radius 1 is 0.912 bits per heavy atom. The van der Waals surface area contributed by atoms with Crippen molar-refractivity contribution in [3.63, 3.8) is 0 Å². The summed E-state index contributed by atoms with van der Waals surface area (Å²) in [6.45, 7) is 3.83. The summed E-state index contributed by atoms with van der Waals surface area (Å²) >= 11 is 0. The highest BCUT2D eigenvalue weighted by Crippen LogP contribution is 2.24. The molecule has 0 fully saturated rings. The van der Waals surface area contributed by atoms with Crippen molar-refractivity contribution >= 4 is 27.6 Å². The second-order valence-electron chi connectivity index (χ2n) is 7.76. The molecule has 0 aliphatic carbocycles. The van der Waals surface area contributed by atoms with Gasteiger partial charge in [0.25, 0.3) is 15.9 Å². The van der Waals surface area contributed by atoms with Crippen LogP contribution in [0.4, 0.5) is 5.69 Å². The first-order chi connectivity index (χ1) is 16.2. The lowest BCUT2D eigenvalue weighted by Gasteiger charge is -2.23. The number of hydrogen-bond donors (Lipinski definition) is 0. The minimum absolute atomic E-state index is 0.0344. The van der Waals surface area contributed by atoms with Crippen LogP contribution in [-0.2, 0) is 26.1 Å². The molecule has 1 amide bonds. The molecule has 1 unspecified atom stereocenters. The fraction of sp³-hybridized carbons (Fsp3) is 0.231. The SMILES string of the molecule is CCN(c1ccccc1)S(=O)(=O)c1cccc(C(=O)OC(C)C(=O)N(C)Cc2ccccc2)c1. The number of carbonyl (C=O) groups is 2. The third-order valence-electron chi connectivity index (χ3n) is 5.26. The summed E-state index contributed by atoms with van der Waals surface area (Å²) in [5.74, 6) is -1.13. The van der Waals surface area contributed by atoms with Gasteiger partial charge in [-0.25, -0.2) is 13.2 Å². The van der Waals surface area contributed by atoms with Crippen LogP contribution in [0.5, 0.6) is 0 Å². The van der Waals surface area contributed by atoms with Crippen molar-refractivity contribution in [1.82, 2.24) is 4.90 Å². The summed E-state index contributed by atoms with van der Waals surface area (Å²) in [5.41, 5.74) is 1.53. The smallest absolute Gasteiger partial charge is 0.338 e. The van der Waals surface area contributed by atoms with Crippen molar-refractivity contribution in [2.75, 3.05) is 17.9 Å². The molecule has 0 bridgehead atoms. The lowest BCUT2D eigenvalue weighted by molar-refractivity contribution is -0.139. The van der Waals surface area contributed by atoms with Gasteiger partial charge >= 0.3 is 5.97 Å². The number of nitrogens with zero attached hydrogens (tertiary/aromatic N) is 2. The Morgan fingerprint density at radius 3 is 2.15 bits per heavy atom. The topological polar surface area (TPSA) is 84.0 Å². The molecule has 0 saturated carbocycles. The van der Waals surface area contributed by atoms with Gasteiger partial charge < -0.3 is 9.64 Å². The summed E-state index contributed by atoms with van der Waals surface area (Å²) in [6.07, 6.45) is -1.03. The maximum Gasteiger partial charge on any atom is 0.338 e. The zero-order valence-corrected chi connectivity index (χ0v) is 20.2. The number of para-hydroxylation sites is 1. The summed E-state index contributed by atoms with van der Waals surface area (Å²) in [6, 6.07) is 23.9. The van der Waals surface area contributed by atoms with Gasteiger partial charge in [-0.15, -0.1) is 0 Å². The lowest BCUT2D eigenvalue weighted by Crippen LogP contribution is -2.37. The van der Waals surface area contributed by atoms with Gasteiger partial charge in [-0.3, -0.25) is 9.10 Å². The number of carbonyl (C=O) groups excluding carboxylic acids is 2. The third kappa shape index (κ3) is 5.82. The quantitative estimate of drug-likeness (QED) is 0.431. The summed E-state index contributed by atoms with van der Waals surface area (Å²) in [5, 5.41) is 0. The van der Waals surface area contributed by atoms with Crippen LogP contribution in [0.15, 0.2) is 89.8 Å². The van der Waals surface area contributed by atoms with Crippen LogP contribution in [0.25, 0.3) is 0 Å². The lowest BCUT2D eigenvalue weighted by atomic mass is 10.2. The van der Waals surface area contributed by atoms with Crippen molar-refractivity contribution in [2.24, 2.45) is 0 Å². The maximum atomic E-state index is 13.2. The van der Waals surface area contributed by atoms with Gasteiger partial charge in [0.1, 0.15) is 0 Å². The van der Waals surface area contributed by atoms with E-state index in [1.807, 2.05) is 30.3 Å². The molecule has 34 heavy (non-hydrogen) atoms. The number of sulfonamides is 1.